The summed E-state index contributed by atoms with van der Waals surface area (Å²) < 4.78 is 29.8. The maximum Gasteiger partial charge on any atom is 0.268 e. The smallest absolute Gasteiger partial charge is 0.268 e. The minimum Gasteiger partial charge on any atom is -0.349 e. The van der Waals surface area contributed by atoms with Gasteiger partial charge in [-0.05, 0) is 91.7 Å². The molecule has 0 atom stereocenters. The number of fused-ring (bicyclic) bond motifs is 1. The highest BCUT2D eigenvalue weighted by molar-refractivity contribution is 6.08. The van der Waals surface area contributed by atoms with Crippen LogP contribution in [0.4, 0.5) is 8.78 Å². The van der Waals surface area contributed by atoms with Crippen LogP contribution in [0.3, 0.4) is 0 Å². The third kappa shape index (κ3) is 5.47. The molecule has 1 N–H and O–H groups in total. The van der Waals surface area contributed by atoms with Gasteiger partial charge in [0, 0.05) is 49.2 Å². The first-order valence-electron chi connectivity index (χ1n) is 14.0. The largest absolute Gasteiger partial charge is 0.349 e. The molecule has 6 nitrogen and oxygen atoms in total. The Labute approximate surface area is 237 Å². The minimum absolute atomic E-state index is 0.179. The normalized spacial score (nSPS) is 13.9. The molecule has 6 rings (SSSR count). The summed E-state index contributed by atoms with van der Waals surface area (Å²) in [4.78, 5) is 25.1. The Morgan fingerprint density at radius 2 is 1.44 bits per heavy atom. The van der Waals surface area contributed by atoms with Crippen molar-refractivity contribution < 1.29 is 13.6 Å². The van der Waals surface area contributed by atoms with Crippen molar-refractivity contribution in [1.82, 2.24) is 24.8 Å². The van der Waals surface area contributed by atoms with Crippen LogP contribution in [0.1, 0.15) is 29.8 Å². The number of aromatic nitrogens is 3. The molecule has 0 unspecified atom stereocenters. The van der Waals surface area contributed by atoms with Gasteiger partial charge in [0.05, 0.1) is 16.7 Å². The second-order valence-corrected chi connectivity index (χ2v) is 10.4. The number of likely N-dealkylation sites (tertiary alicyclic amines) is 1. The lowest BCUT2D eigenvalue weighted by atomic mass is 9.90. The summed E-state index contributed by atoms with van der Waals surface area (Å²) in [6.45, 7) is 3.51. The molecule has 0 spiro atoms. The maximum absolute atomic E-state index is 14.0. The summed E-state index contributed by atoms with van der Waals surface area (Å²) in [5, 5.41) is 3.08. The molecule has 4 heterocycles. The van der Waals surface area contributed by atoms with Crippen LogP contribution in [-0.4, -0.2) is 51.5 Å². The van der Waals surface area contributed by atoms with Crippen molar-refractivity contribution in [2.75, 3.05) is 26.2 Å². The van der Waals surface area contributed by atoms with Crippen molar-refractivity contribution in [1.29, 1.82) is 0 Å². The number of aryl methyl sites for hydroxylation is 1. The number of nitrogens with one attached hydrogen (secondary N) is 1. The molecule has 0 aliphatic carbocycles. The first kappa shape index (κ1) is 26.8. The average Bonchev–Trinajstić information content (AvgIpc) is 3.34. The fourth-order valence-corrected chi connectivity index (χ4v) is 5.71. The monoisotopic (exact) mass is 551 g/mol. The van der Waals surface area contributed by atoms with E-state index in [-0.39, 0.29) is 17.5 Å². The molecule has 3 aromatic heterocycles. The molecule has 0 saturated carbocycles. The zero-order valence-electron chi connectivity index (χ0n) is 22.9. The van der Waals surface area contributed by atoms with Gasteiger partial charge >= 0.3 is 0 Å². The summed E-state index contributed by atoms with van der Waals surface area (Å²) >= 11 is 0. The molecule has 1 aliphatic heterocycles. The number of piperidine rings is 1. The molecule has 1 saturated heterocycles. The molecule has 208 valence electrons. The highest BCUT2D eigenvalue weighted by Gasteiger charge is 2.25. The minimum atomic E-state index is -0.345. The number of benzene rings is 2. The van der Waals surface area contributed by atoms with E-state index in [2.05, 4.69) is 15.2 Å². The van der Waals surface area contributed by atoms with E-state index in [0.717, 1.165) is 53.0 Å². The molecule has 1 amide bonds. The van der Waals surface area contributed by atoms with E-state index in [4.69, 9.17) is 4.98 Å². The molecule has 0 radical (unpaired) electrons. The molecule has 5 aromatic rings. The third-order valence-corrected chi connectivity index (χ3v) is 7.78. The number of hydrogen-bond acceptors (Lipinski definition) is 4. The molecular formula is C33H31F2N5O. The van der Waals surface area contributed by atoms with Crippen molar-refractivity contribution in [3.63, 3.8) is 0 Å². The van der Waals surface area contributed by atoms with E-state index in [9.17, 15) is 13.6 Å². The summed E-state index contributed by atoms with van der Waals surface area (Å²) in [5.41, 5.74) is 6.40. The lowest BCUT2D eigenvalue weighted by molar-refractivity contribution is 0.0939. The highest BCUT2D eigenvalue weighted by Crippen LogP contribution is 2.43. The van der Waals surface area contributed by atoms with E-state index < -0.39 is 0 Å². The Morgan fingerprint density at radius 3 is 2.10 bits per heavy atom. The maximum atomic E-state index is 14.0. The quantitative estimate of drug-likeness (QED) is 0.252. The molecule has 1 fully saturated rings. The van der Waals surface area contributed by atoms with Crippen LogP contribution in [0.25, 0.3) is 44.5 Å². The fourth-order valence-electron chi connectivity index (χ4n) is 5.71. The Balaban J connectivity index is 1.52. The number of rotatable bonds is 7. The lowest BCUT2D eigenvalue weighted by Gasteiger charge is -2.26. The first-order chi connectivity index (χ1) is 20.0. The van der Waals surface area contributed by atoms with Crippen molar-refractivity contribution in [3.8, 4) is 33.5 Å². The number of hydrogen-bond donors (Lipinski definition) is 1. The molecule has 8 heteroatoms. The van der Waals surface area contributed by atoms with Crippen LogP contribution >= 0.6 is 0 Å². The van der Waals surface area contributed by atoms with Gasteiger partial charge in [0.1, 0.15) is 17.3 Å². The van der Waals surface area contributed by atoms with Gasteiger partial charge in [-0.3, -0.25) is 9.78 Å². The SMILES string of the molecule is Cn1c(C(=O)NCCN2CCCCC2)cc2nc(-c3ccc(F)cc3)c(-c3ccncc3)c(-c3ccc(F)cc3)c21. The van der Waals surface area contributed by atoms with E-state index in [1.807, 2.05) is 23.7 Å². The van der Waals surface area contributed by atoms with Gasteiger partial charge < -0.3 is 14.8 Å². The molecule has 41 heavy (non-hydrogen) atoms. The topological polar surface area (TPSA) is 63.1 Å². The average molecular weight is 552 g/mol. The molecule has 0 bridgehead atoms. The van der Waals surface area contributed by atoms with Crippen molar-refractivity contribution in [2.24, 2.45) is 7.05 Å². The predicted octanol–water partition coefficient (Wildman–Crippen LogP) is 6.46. The predicted molar refractivity (Wildman–Crippen MR) is 157 cm³/mol. The number of carbonyl (C=O) groups excluding carboxylic acids is 1. The zero-order valence-corrected chi connectivity index (χ0v) is 22.9. The van der Waals surface area contributed by atoms with Gasteiger partial charge in [0.25, 0.3) is 5.91 Å². The summed E-state index contributed by atoms with van der Waals surface area (Å²) in [5.74, 6) is -0.868. The number of pyridine rings is 2. The number of carbonyl (C=O) groups is 1. The van der Waals surface area contributed by atoms with E-state index in [1.165, 1.54) is 43.5 Å². The Morgan fingerprint density at radius 1 is 0.829 bits per heavy atom. The van der Waals surface area contributed by atoms with Gasteiger partial charge in [0.2, 0.25) is 0 Å². The third-order valence-electron chi connectivity index (χ3n) is 7.78. The van der Waals surface area contributed by atoms with Crippen LogP contribution in [-0.2, 0) is 7.05 Å². The lowest BCUT2D eigenvalue weighted by Crippen LogP contribution is -2.38. The highest BCUT2D eigenvalue weighted by atomic mass is 19.1. The van der Waals surface area contributed by atoms with Crippen LogP contribution < -0.4 is 5.32 Å². The molecule has 1 aliphatic rings. The van der Waals surface area contributed by atoms with Gasteiger partial charge in [-0.15, -0.1) is 0 Å². The van der Waals surface area contributed by atoms with Crippen LogP contribution in [0.2, 0.25) is 0 Å². The number of amides is 1. The Kier molecular flexibility index (Phi) is 7.57. The summed E-state index contributed by atoms with van der Waals surface area (Å²) in [6.07, 6.45) is 7.07. The summed E-state index contributed by atoms with van der Waals surface area (Å²) in [7, 11) is 1.85. The second kappa shape index (κ2) is 11.6. The van der Waals surface area contributed by atoms with E-state index in [0.29, 0.717) is 23.4 Å². The second-order valence-electron chi connectivity index (χ2n) is 10.4. The Bertz CT molecular complexity index is 1680. The van der Waals surface area contributed by atoms with Crippen LogP contribution in [0, 0.1) is 11.6 Å². The van der Waals surface area contributed by atoms with E-state index in [1.54, 1.807) is 42.7 Å². The first-order valence-corrected chi connectivity index (χ1v) is 14.0. The zero-order chi connectivity index (χ0) is 28.3. The van der Waals surface area contributed by atoms with Gasteiger partial charge in [-0.25, -0.2) is 13.8 Å². The summed E-state index contributed by atoms with van der Waals surface area (Å²) in [6, 6.07) is 18.1. The van der Waals surface area contributed by atoms with Crippen LogP contribution in [0.5, 0.6) is 0 Å². The van der Waals surface area contributed by atoms with E-state index >= 15 is 0 Å². The molecular weight excluding hydrogens is 520 g/mol. The van der Waals surface area contributed by atoms with Crippen LogP contribution in [0.15, 0.2) is 79.1 Å². The van der Waals surface area contributed by atoms with Gasteiger partial charge in [-0.1, -0.05) is 18.6 Å². The molecule has 2 aromatic carbocycles. The van der Waals surface area contributed by atoms with Crippen molar-refractivity contribution >= 4 is 16.9 Å². The van der Waals surface area contributed by atoms with Crippen molar-refractivity contribution in [3.05, 3.63) is 96.5 Å². The Hall–Kier alpha value is -4.43. The standard InChI is InChI=1S/C33H31F2N5O/c1-39-28(33(41)37-17-20-40-18-3-2-4-19-40)21-27-32(39)30(22-5-9-25(34)10-6-22)29(23-13-15-36-16-14-23)31(38-27)24-7-11-26(35)12-8-24/h5-16,21H,2-4,17-20H2,1H3,(H,37,41). The van der Waals surface area contributed by atoms with Gasteiger partial charge in [0.15, 0.2) is 0 Å². The number of nitrogens with zero attached hydrogens (tertiary/aromatic N) is 4. The number of halogens is 2. The fraction of sp³-hybridized carbons (Fsp3) is 0.242. The van der Waals surface area contributed by atoms with Crippen molar-refractivity contribution in [2.45, 2.75) is 19.3 Å². The van der Waals surface area contributed by atoms with Gasteiger partial charge in [-0.2, -0.15) is 0 Å².